The van der Waals surface area contributed by atoms with E-state index in [1.165, 1.54) is 0 Å². The molecule has 2 N–H and O–H groups in total. The predicted octanol–water partition coefficient (Wildman–Crippen LogP) is 2.69. The number of nitrogens with one attached hydrogen (secondary N) is 2. The summed E-state index contributed by atoms with van der Waals surface area (Å²) >= 11 is 0. The summed E-state index contributed by atoms with van der Waals surface area (Å²) in [5.41, 5.74) is 1.82. The summed E-state index contributed by atoms with van der Waals surface area (Å²) in [4.78, 5) is 32.9. The number of likely N-dealkylation sites (N-methyl/N-ethyl adjacent to an activating group) is 2. The highest BCUT2D eigenvalue weighted by Gasteiger charge is 2.25. The third kappa shape index (κ3) is 6.76. The van der Waals surface area contributed by atoms with Crippen LogP contribution in [0.1, 0.15) is 45.6 Å². The topological polar surface area (TPSA) is 77.0 Å². The van der Waals surface area contributed by atoms with Crippen LogP contribution in [0.25, 0.3) is 0 Å². The van der Waals surface area contributed by atoms with Crippen LogP contribution in [0.15, 0.2) is 29.3 Å². The molecule has 0 aromatic heterocycles. The molecule has 0 saturated heterocycles. The average Bonchev–Trinajstić information content (AvgIpc) is 2.64. The number of benzene rings is 1. The molecule has 0 atom stereocenters. The molecule has 1 aliphatic carbocycles. The van der Waals surface area contributed by atoms with Gasteiger partial charge in [0, 0.05) is 38.3 Å². The summed E-state index contributed by atoms with van der Waals surface area (Å²) in [6.45, 7) is 8.86. The number of guanidine groups is 1. The van der Waals surface area contributed by atoms with Gasteiger partial charge >= 0.3 is 0 Å². The number of aliphatic imine (C=N–C) groups is 1. The van der Waals surface area contributed by atoms with Gasteiger partial charge in [0.05, 0.1) is 13.1 Å². The zero-order valence-electron chi connectivity index (χ0n) is 18.2. The Bertz CT molecular complexity index is 711. The van der Waals surface area contributed by atoms with Gasteiger partial charge in [0.2, 0.25) is 11.8 Å². The van der Waals surface area contributed by atoms with Crippen molar-refractivity contribution < 1.29 is 9.59 Å². The van der Waals surface area contributed by atoms with Crippen molar-refractivity contribution in [2.24, 2.45) is 10.9 Å². The summed E-state index contributed by atoms with van der Waals surface area (Å²) in [5.74, 6) is 1.05. The Kier molecular flexibility index (Phi) is 8.96. The zero-order chi connectivity index (χ0) is 21.2. The van der Waals surface area contributed by atoms with Crippen LogP contribution in [-0.2, 0) is 16.1 Å². The molecule has 0 radical (unpaired) electrons. The second kappa shape index (κ2) is 11.4. The van der Waals surface area contributed by atoms with E-state index in [1.54, 1.807) is 0 Å². The molecule has 0 heterocycles. The third-order valence-electron chi connectivity index (χ3n) is 5.27. The van der Waals surface area contributed by atoms with Crippen molar-refractivity contribution in [2.45, 2.75) is 46.6 Å². The first kappa shape index (κ1) is 22.7. The van der Waals surface area contributed by atoms with Gasteiger partial charge in [-0.2, -0.15) is 0 Å². The molecule has 1 aliphatic rings. The van der Waals surface area contributed by atoms with Gasteiger partial charge in [-0.3, -0.25) is 9.59 Å². The molecule has 2 amide bonds. The van der Waals surface area contributed by atoms with Gasteiger partial charge in [0.25, 0.3) is 0 Å². The Balaban J connectivity index is 2.00. The van der Waals surface area contributed by atoms with Crippen LogP contribution in [0.5, 0.6) is 0 Å². The van der Waals surface area contributed by atoms with E-state index in [2.05, 4.69) is 15.6 Å². The molecule has 7 heteroatoms. The van der Waals surface area contributed by atoms with Crippen LogP contribution in [-0.4, -0.2) is 60.8 Å². The SMILES string of the molecule is CCNC(=NCc1cccc(NC(=O)C2CCC2)c1)N(C)CC(=O)N(CC)CC. The molecule has 1 aromatic rings. The Morgan fingerprint density at radius 3 is 2.48 bits per heavy atom. The van der Waals surface area contributed by atoms with Gasteiger partial charge in [-0.1, -0.05) is 18.6 Å². The van der Waals surface area contributed by atoms with E-state index in [4.69, 9.17) is 0 Å². The molecule has 2 rings (SSSR count). The van der Waals surface area contributed by atoms with E-state index >= 15 is 0 Å². The summed E-state index contributed by atoms with van der Waals surface area (Å²) in [5, 5.41) is 6.25. The normalized spacial score (nSPS) is 14.1. The monoisotopic (exact) mass is 401 g/mol. The maximum atomic E-state index is 12.4. The third-order valence-corrected chi connectivity index (χ3v) is 5.27. The molecule has 0 bridgehead atoms. The van der Waals surface area contributed by atoms with Gasteiger partial charge in [0.15, 0.2) is 5.96 Å². The van der Waals surface area contributed by atoms with Crippen LogP contribution < -0.4 is 10.6 Å². The Hall–Kier alpha value is -2.57. The number of carbonyl (C=O) groups is 2. The van der Waals surface area contributed by atoms with E-state index in [0.29, 0.717) is 25.6 Å². The molecule has 0 spiro atoms. The number of rotatable bonds is 9. The lowest BCUT2D eigenvalue weighted by molar-refractivity contribution is -0.131. The molecule has 160 valence electrons. The quantitative estimate of drug-likeness (QED) is 0.493. The van der Waals surface area contributed by atoms with Gasteiger partial charge in [-0.25, -0.2) is 4.99 Å². The van der Waals surface area contributed by atoms with Gasteiger partial charge in [-0.15, -0.1) is 0 Å². The summed E-state index contributed by atoms with van der Waals surface area (Å²) in [6, 6.07) is 7.80. The number of anilines is 1. The van der Waals surface area contributed by atoms with E-state index < -0.39 is 0 Å². The molecule has 1 saturated carbocycles. The van der Waals surface area contributed by atoms with E-state index in [-0.39, 0.29) is 24.3 Å². The molecule has 0 unspecified atom stereocenters. The second-order valence-corrected chi connectivity index (χ2v) is 7.41. The van der Waals surface area contributed by atoms with Gasteiger partial charge < -0.3 is 20.4 Å². The summed E-state index contributed by atoms with van der Waals surface area (Å²) < 4.78 is 0. The first-order chi connectivity index (χ1) is 14.0. The molecular weight excluding hydrogens is 366 g/mol. The number of carbonyl (C=O) groups excluding carboxylic acids is 2. The summed E-state index contributed by atoms with van der Waals surface area (Å²) in [7, 11) is 1.87. The van der Waals surface area contributed by atoms with Crippen molar-refractivity contribution >= 4 is 23.5 Å². The van der Waals surface area contributed by atoms with Crippen LogP contribution in [0.2, 0.25) is 0 Å². The van der Waals surface area contributed by atoms with Gasteiger partial charge in [0.1, 0.15) is 0 Å². The fraction of sp³-hybridized carbons (Fsp3) is 0.591. The minimum Gasteiger partial charge on any atom is -0.357 e. The minimum absolute atomic E-state index is 0.0869. The number of hydrogen-bond donors (Lipinski definition) is 2. The first-order valence-corrected chi connectivity index (χ1v) is 10.6. The molecule has 0 aliphatic heterocycles. The lowest BCUT2D eigenvalue weighted by Gasteiger charge is -2.25. The predicted molar refractivity (Wildman–Crippen MR) is 118 cm³/mol. The van der Waals surface area contributed by atoms with Crippen molar-refractivity contribution in [1.82, 2.24) is 15.1 Å². The number of hydrogen-bond acceptors (Lipinski definition) is 3. The first-order valence-electron chi connectivity index (χ1n) is 10.6. The number of nitrogens with zero attached hydrogens (tertiary/aromatic N) is 3. The molecule has 7 nitrogen and oxygen atoms in total. The minimum atomic E-state index is 0.0869. The Labute approximate surface area is 174 Å². The number of amides is 2. The highest BCUT2D eigenvalue weighted by atomic mass is 16.2. The molecule has 1 aromatic carbocycles. The Morgan fingerprint density at radius 2 is 1.90 bits per heavy atom. The fourth-order valence-electron chi connectivity index (χ4n) is 3.25. The second-order valence-electron chi connectivity index (χ2n) is 7.41. The van der Waals surface area contributed by atoms with Crippen LogP contribution >= 0.6 is 0 Å². The van der Waals surface area contributed by atoms with Crippen molar-refractivity contribution in [1.29, 1.82) is 0 Å². The highest BCUT2D eigenvalue weighted by molar-refractivity contribution is 5.93. The zero-order valence-corrected chi connectivity index (χ0v) is 18.2. The standard InChI is InChI=1S/C22H35N5O2/c1-5-23-22(26(4)16-20(28)27(6-2)7-3)24-15-17-10-8-13-19(14-17)25-21(29)18-11-9-12-18/h8,10,13-14,18H,5-7,9,11-12,15-16H2,1-4H3,(H,23,24)(H,25,29). The van der Waals surface area contributed by atoms with Gasteiger partial charge in [-0.05, 0) is 51.3 Å². The molecule has 1 fully saturated rings. The van der Waals surface area contributed by atoms with Crippen LogP contribution in [0.4, 0.5) is 5.69 Å². The lowest BCUT2D eigenvalue weighted by atomic mass is 9.85. The van der Waals surface area contributed by atoms with Crippen LogP contribution in [0.3, 0.4) is 0 Å². The van der Waals surface area contributed by atoms with Crippen molar-refractivity contribution in [3.8, 4) is 0 Å². The molecular formula is C22H35N5O2. The highest BCUT2D eigenvalue weighted by Crippen LogP contribution is 2.27. The maximum Gasteiger partial charge on any atom is 0.242 e. The smallest absolute Gasteiger partial charge is 0.242 e. The average molecular weight is 402 g/mol. The van der Waals surface area contributed by atoms with Crippen molar-refractivity contribution in [3.63, 3.8) is 0 Å². The van der Waals surface area contributed by atoms with Crippen LogP contribution in [0, 0.1) is 5.92 Å². The van der Waals surface area contributed by atoms with E-state index in [0.717, 1.165) is 37.1 Å². The van der Waals surface area contributed by atoms with E-state index in [9.17, 15) is 9.59 Å². The van der Waals surface area contributed by atoms with E-state index in [1.807, 2.05) is 61.9 Å². The largest absolute Gasteiger partial charge is 0.357 e. The molecule has 29 heavy (non-hydrogen) atoms. The fourth-order valence-corrected chi connectivity index (χ4v) is 3.25. The van der Waals surface area contributed by atoms with Crippen molar-refractivity contribution in [3.05, 3.63) is 29.8 Å². The maximum absolute atomic E-state index is 12.4. The Morgan fingerprint density at radius 1 is 1.17 bits per heavy atom. The summed E-state index contributed by atoms with van der Waals surface area (Å²) in [6.07, 6.45) is 3.12. The van der Waals surface area contributed by atoms with Crippen molar-refractivity contribution in [2.75, 3.05) is 38.5 Å². The lowest BCUT2D eigenvalue weighted by Crippen LogP contribution is -2.45.